The molecule has 1 saturated heterocycles. The quantitative estimate of drug-likeness (QED) is 0.824. The first-order chi connectivity index (χ1) is 9.40. The van der Waals surface area contributed by atoms with Gasteiger partial charge in [-0.25, -0.2) is 0 Å². The largest absolute Gasteiger partial charge is 0.376 e. The highest BCUT2D eigenvalue weighted by Crippen LogP contribution is 2.26. The van der Waals surface area contributed by atoms with Crippen LogP contribution in [0.1, 0.15) is 23.1 Å². The molecular formula is C13H16N4O2. The lowest BCUT2D eigenvalue weighted by molar-refractivity contribution is 0.0852. The topological polar surface area (TPSA) is 56.3 Å². The lowest BCUT2D eigenvalue weighted by atomic mass is 10.1. The van der Waals surface area contributed by atoms with Gasteiger partial charge in [0, 0.05) is 44.0 Å². The molecule has 0 N–H and O–H groups in total. The number of aromatic nitrogens is 3. The third-order valence-electron chi connectivity index (χ3n) is 3.88. The zero-order valence-electron chi connectivity index (χ0n) is 10.7. The van der Waals surface area contributed by atoms with Crippen molar-refractivity contribution in [3.63, 3.8) is 0 Å². The summed E-state index contributed by atoms with van der Waals surface area (Å²) in [6.45, 7) is 4.27. The van der Waals surface area contributed by atoms with E-state index in [2.05, 4.69) is 15.2 Å². The second kappa shape index (κ2) is 4.47. The zero-order chi connectivity index (χ0) is 12.7. The van der Waals surface area contributed by atoms with Crippen LogP contribution >= 0.6 is 0 Å². The van der Waals surface area contributed by atoms with Crippen LogP contribution in [0, 0.1) is 0 Å². The van der Waals surface area contributed by atoms with Crippen LogP contribution in [-0.2, 0) is 24.3 Å². The van der Waals surface area contributed by atoms with E-state index in [-0.39, 0.29) is 0 Å². The fraction of sp³-hybridized carbons (Fsp3) is 0.538. The highest BCUT2D eigenvalue weighted by molar-refractivity contribution is 5.24. The minimum atomic E-state index is 0.494. The summed E-state index contributed by atoms with van der Waals surface area (Å²) < 4.78 is 12.9. The van der Waals surface area contributed by atoms with Crippen LogP contribution in [-0.4, -0.2) is 39.5 Å². The molecule has 2 aromatic heterocycles. The van der Waals surface area contributed by atoms with Gasteiger partial charge in [0.25, 0.3) is 0 Å². The van der Waals surface area contributed by atoms with Gasteiger partial charge in [-0.2, -0.15) is 5.10 Å². The van der Waals surface area contributed by atoms with Crippen LogP contribution in [0.4, 0.5) is 0 Å². The van der Waals surface area contributed by atoms with Crippen LogP contribution < -0.4 is 0 Å². The summed E-state index contributed by atoms with van der Waals surface area (Å²) in [5.41, 5.74) is 2.20. The number of rotatable bonds is 3. The number of hydrogen-bond donors (Lipinski definition) is 0. The van der Waals surface area contributed by atoms with E-state index in [1.54, 1.807) is 0 Å². The Kier molecular flexibility index (Phi) is 2.63. The van der Waals surface area contributed by atoms with Gasteiger partial charge in [0.2, 0.25) is 0 Å². The van der Waals surface area contributed by atoms with Crippen LogP contribution in [0.25, 0.3) is 0 Å². The summed E-state index contributed by atoms with van der Waals surface area (Å²) in [7, 11) is 0. The second-order valence-corrected chi connectivity index (χ2v) is 5.17. The molecule has 2 aliphatic heterocycles. The Balaban J connectivity index is 1.40. The van der Waals surface area contributed by atoms with Crippen molar-refractivity contribution in [2.75, 3.05) is 19.7 Å². The van der Waals surface area contributed by atoms with E-state index in [4.69, 9.17) is 9.26 Å². The molecule has 6 heteroatoms. The summed E-state index contributed by atoms with van der Waals surface area (Å²) in [5, 5.41) is 8.46. The number of fused-ring (bicyclic) bond motifs is 1. The molecule has 0 atom stereocenters. The molecule has 0 radical (unpaired) electrons. The predicted molar refractivity (Wildman–Crippen MR) is 66.4 cm³/mol. The first-order valence-corrected chi connectivity index (χ1v) is 6.65. The van der Waals surface area contributed by atoms with Crippen LogP contribution in [0.15, 0.2) is 23.0 Å². The molecule has 6 nitrogen and oxygen atoms in total. The Morgan fingerprint density at radius 3 is 3.16 bits per heavy atom. The lowest BCUT2D eigenvalue weighted by Gasteiger charge is -2.38. The fourth-order valence-corrected chi connectivity index (χ4v) is 2.75. The molecule has 0 unspecified atom stereocenters. The monoisotopic (exact) mass is 260 g/mol. The molecule has 4 rings (SSSR count). The average molecular weight is 260 g/mol. The van der Waals surface area contributed by atoms with Crippen LogP contribution in [0.3, 0.4) is 0 Å². The first kappa shape index (κ1) is 11.2. The Hall–Kier alpha value is -1.66. The third-order valence-corrected chi connectivity index (χ3v) is 3.88. The SMILES string of the molecule is c1cnn(C2CN(Cc3noc4c3COCC4)C2)c1. The van der Waals surface area contributed by atoms with Crippen molar-refractivity contribution in [1.29, 1.82) is 0 Å². The molecule has 0 amide bonds. The maximum Gasteiger partial charge on any atom is 0.144 e. The molecule has 2 aromatic rings. The predicted octanol–water partition coefficient (Wildman–Crippen LogP) is 1.00. The van der Waals surface area contributed by atoms with E-state index < -0.39 is 0 Å². The summed E-state index contributed by atoms with van der Waals surface area (Å²) in [4.78, 5) is 2.36. The van der Waals surface area contributed by atoms with Gasteiger partial charge in [-0.05, 0) is 6.07 Å². The van der Waals surface area contributed by atoms with Gasteiger partial charge in [0.05, 0.1) is 19.3 Å². The molecular weight excluding hydrogens is 244 g/mol. The maximum atomic E-state index is 5.48. The van der Waals surface area contributed by atoms with Gasteiger partial charge in [-0.15, -0.1) is 0 Å². The third kappa shape index (κ3) is 1.97. The van der Waals surface area contributed by atoms with E-state index in [0.29, 0.717) is 12.6 Å². The summed E-state index contributed by atoms with van der Waals surface area (Å²) in [5.74, 6) is 1.00. The fourth-order valence-electron chi connectivity index (χ4n) is 2.75. The van der Waals surface area contributed by atoms with Gasteiger partial charge in [0.1, 0.15) is 11.5 Å². The second-order valence-electron chi connectivity index (χ2n) is 5.17. The van der Waals surface area contributed by atoms with Gasteiger partial charge in [-0.3, -0.25) is 9.58 Å². The Labute approximate surface area is 110 Å². The molecule has 0 aromatic carbocycles. The number of nitrogens with zero attached hydrogens (tertiary/aromatic N) is 4. The number of likely N-dealkylation sites (tertiary alicyclic amines) is 1. The molecule has 1 fully saturated rings. The lowest BCUT2D eigenvalue weighted by Crippen LogP contribution is -2.47. The van der Waals surface area contributed by atoms with Crippen LogP contribution in [0.2, 0.25) is 0 Å². The summed E-state index contributed by atoms with van der Waals surface area (Å²) >= 11 is 0. The zero-order valence-corrected chi connectivity index (χ0v) is 10.7. The van der Waals surface area contributed by atoms with Gasteiger partial charge < -0.3 is 9.26 Å². The number of hydrogen-bond acceptors (Lipinski definition) is 5. The van der Waals surface area contributed by atoms with E-state index >= 15 is 0 Å². The Morgan fingerprint density at radius 2 is 2.32 bits per heavy atom. The van der Waals surface area contributed by atoms with Gasteiger partial charge >= 0.3 is 0 Å². The summed E-state index contributed by atoms with van der Waals surface area (Å²) in [6.07, 6.45) is 4.69. The first-order valence-electron chi connectivity index (χ1n) is 6.65. The molecule has 4 heterocycles. The smallest absolute Gasteiger partial charge is 0.144 e. The minimum absolute atomic E-state index is 0.494. The highest BCUT2D eigenvalue weighted by Gasteiger charge is 2.30. The maximum absolute atomic E-state index is 5.48. The van der Waals surface area contributed by atoms with Gasteiger partial charge in [-0.1, -0.05) is 5.16 Å². The van der Waals surface area contributed by atoms with E-state index in [0.717, 1.165) is 49.7 Å². The van der Waals surface area contributed by atoms with Crippen molar-refractivity contribution < 1.29 is 9.26 Å². The van der Waals surface area contributed by atoms with Crippen molar-refractivity contribution in [3.8, 4) is 0 Å². The van der Waals surface area contributed by atoms with Crippen molar-refractivity contribution in [3.05, 3.63) is 35.5 Å². The average Bonchev–Trinajstić information content (AvgIpc) is 3.03. The van der Waals surface area contributed by atoms with E-state index in [9.17, 15) is 0 Å². The minimum Gasteiger partial charge on any atom is -0.376 e. The molecule has 0 spiro atoms. The molecule has 100 valence electrons. The van der Waals surface area contributed by atoms with E-state index in [1.807, 2.05) is 23.1 Å². The Bertz CT molecular complexity index is 557. The van der Waals surface area contributed by atoms with Crippen molar-refractivity contribution in [2.45, 2.75) is 25.6 Å². The standard InChI is InChI=1S/C13H16N4O2/c1-3-14-17(4-1)10-6-16(7-10)8-12-11-9-18-5-2-13(11)19-15-12/h1,3-4,10H,2,5-9H2. The molecule has 0 aliphatic carbocycles. The normalized spacial score (nSPS) is 20.2. The number of ether oxygens (including phenoxy) is 1. The Morgan fingerprint density at radius 1 is 1.37 bits per heavy atom. The molecule has 0 saturated carbocycles. The van der Waals surface area contributed by atoms with Gasteiger partial charge in [0.15, 0.2) is 0 Å². The van der Waals surface area contributed by atoms with Crippen molar-refractivity contribution in [2.24, 2.45) is 0 Å². The molecule has 19 heavy (non-hydrogen) atoms. The molecule has 2 aliphatic rings. The highest BCUT2D eigenvalue weighted by atomic mass is 16.5. The van der Waals surface area contributed by atoms with Crippen LogP contribution in [0.5, 0.6) is 0 Å². The van der Waals surface area contributed by atoms with E-state index in [1.165, 1.54) is 0 Å². The summed E-state index contributed by atoms with van der Waals surface area (Å²) in [6, 6.07) is 2.46. The van der Waals surface area contributed by atoms with Crippen molar-refractivity contribution in [1.82, 2.24) is 19.8 Å². The van der Waals surface area contributed by atoms with Crippen molar-refractivity contribution >= 4 is 0 Å². The molecule has 0 bridgehead atoms.